The van der Waals surface area contributed by atoms with Crippen molar-refractivity contribution >= 4 is 17.5 Å². The van der Waals surface area contributed by atoms with Gasteiger partial charge in [0.25, 0.3) is 0 Å². The first kappa shape index (κ1) is 20.0. The molecule has 0 aliphatic carbocycles. The summed E-state index contributed by atoms with van der Waals surface area (Å²) in [6, 6.07) is 14.3. The van der Waals surface area contributed by atoms with E-state index in [1.807, 2.05) is 30.3 Å². The van der Waals surface area contributed by atoms with E-state index in [1.54, 1.807) is 19.1 Å². The first-order valence-corrected chi connectivity index (χ1v) is 9.27. The number of hydrogen-bond donors (Lipinski definition) is 2. The fourth-order valence-electron chi connectivity index (χ4n) is 3.04. The fraction of sp³-hybridized carbons (Fsp3) is 0.333. The Kier molecular flexibility index (Phi) is 6.73. The monoisotopic (exact) mass is 385 g/mol. The quantitative estimate of drug-likeness (QED) is 0.775. The van der Waals surface area contributed by atoms with E-state index in [0.29, 0.717) is 25.3 Å². The number of aryl methyl sites for hydroxylation is 1. The van der Waals surface area contributed by atoms with Crippen LogP contribution >= 0.6 is 0 Å². The Hall–Kier alpha value is -2.77. The van der Waals surface area contributed by atoms with Gasteiger partial charge >= 0.3 is 11.8 Å². The zero-order valence-corrected chi connectivity index (χ0v) is 15.8. The van der Waals surface area contributed by atoms with Crippen LogP contribution in [0.4, 0.5) is 10.1 Å². The molecule has 2 aromatic rings. The van der Waals surface area contributed by atoms with Gasteiger partial charge in [-0.25, -0.2) is 4.39 Å². The summed E-state index contributed by atoms with van der Waals surface area (Å²) in [7, 11) is 0. The van der Waals surface area contributed by atoms with E-state index in [4.69, 9.17) is 4.74 Å². The summed E-state index contributed by atoms with van der Waals surface area (Å²) in [6.45, 7) is 4.71. The number of amides is 2. The fourth-order valence-corrected chi connectivity index (χ4v) is 3.04. The van der Waals surface area contributed by atoms with Gasteiger partial charge in [0, 0.05) is 31.9 Å². The van der Waals surface area contributed by atoms with Gasteiger partial charge in [-0.3, -0.25) is 14.5 Å². The Morgan fingerprint density at radius 1 is 1.18 bits per heavy atom. The smallest absolute Gasteiger partial charge is 0.313 e. The molecule has 0 saturated carbocycles. The summed E-state index contributed by atoms with van der Waals surface area (Å²) in [5, 5.41) is 5.01. The molecule has 1 aliphatic heterocycles. The summed E-state index contributed by atoms with van der Waals surface area (Å²) in [5.41, 5.74) is 1.85. The van der Waals surface area contributed by atoms with Crippen molar-refractivity contribution in [2.24, 2.45) is 0 Å². The highest BCUT2D eigenvalue weighted by molar-refractivity contribution is 6.39. The molecule has 0 radical (unpaired) electrons. The maximum atomic E-state index is 13.5. The van der Waals surface area contributed by atoms with Crippen molar-refractivity contribution in [3.05, 3.63) is 65.5 Å². The lowest BCUT2D eigenvalue weighted by Gasteiger charge is -2.33. The Morgan fingerprint density at radius 3 is 2.71 bits per heavy atom. The van der Waals surface area contributed by atoms with Gasteiger partial charge in [-0.2, -0.15) is 0 Å². The summed E-state index contributed by atoms with van der Waals surface area (Å²) < 4.78 is 19.3. The third kappa shape index (κ3) is 5.37. The van der Waals surface area contributed by atoms with Gasteiger partial charge in [0.05, 0.1) is 12.7 Å². The van der Waals surface area contributed by atoms with Crippen LogP contribution in [0.3, 0.4) is 0 Å². The lowest BCUT2D eigenvalue weighted by molar-refractivity contribution is -0.136. The van der Waals surface area contributed by atoms with Gasteiger partial charge in [-0.05, 0) is 30.2 Å². The normalized spacial score (nSPS) is 17.1. The number of morpholine rings is 1. The second-order valence-corrected chi connectivity index (χ2v) is 6.74. The molecule has 7 heteroatoms. The van der Waals surface area contributed by atoms with Gasteiger partial charge < -0.3 is 15.4 Å². The van der Waals surface area contributed by atoms with Gasteiger partial charge in [-0.1, -0.05) is 36.4 Å². The van der Waals surface area contributed by atoms with Gasteiger partial charge in [0.2, 0.25) is 0 Å². The highest BCUT2D eigenvalue weighted by Crippen LogP contribution is 2.21. The van der Waals surface area contributed by atoms with E-state index in [2.05, 4.69) is 15.5 Å². The van der Waals surface area contributed by atoms with Crippen LogP contribution in [0, 0.1) is 12.7 Å². The van der Waals surface area contributed by atoms with Crippen LogP contribution in [0.15, 0.2) is 48.5 Å². The molecule has 3 rings (SSSR count). The summed E-state index contributed by atoms with van der Waals surface area (Å²) in [6.07, 6.45) is 0.00499. The van der Waals surface area contributed by atoms with Crippen LogP contribution in [-0.2, 0) is 14.3 Å². The molecule has 148 valence electrons. The summed E-state index contributed by atoms with van der Waals surface area (Å²) in [4.78, 5) is 26.1. The second-order valence-electron chi connectivity index (χ2n) is 6.74. The molecule has 1 unspecified atom stereocenters. The number of rotatable bonds is 5. The van der Waals surface area contributed by atoms with Crippen LogP contribution < -0.4 is 10.6 Å². The Bertz CT molecular complexity index is 829. The zero-order valence-electron chi connectivity index (χ0n) is 15.8. The third-order valence-corrected chi connectivity index (χ3v) is 4.67. The molecule has 6 nitrogen and oxygen atoms in total. The third-order valence-electron chi connectivity index (χ3n) is 4.67. The van der Waals surface area contributed by atoms with Crippen LogP contribution in [0.2, 0.25) is 0 Å². The van der Waals surface area contributed by atoms with E-state index in [9.17, 15) is 14.0 Å². The molecule has 0 spiro atoms. The molecule has 2 amide bonds. The molecule has 28 heavy (non-hydrogen) atoms. The Labute approximate surface area is 163 Å². The number of nitrogens with zero attached hydrogens (tertiary/aromatic N) is 1. The highest BCUT2D eigenvalue weighted by Gasteiger charge is 2.22. The largest absolute Gasteiger partial charge is 0.371 e. The van der Waals surface area contributed by atoms with E-state index in [1.165, 1.54) is 6.07 Å². The van der Waals surface area contributed by atoms with Crippen molar-refractivity contribution in [3.8, 4) is 0 Å². The first-order chi connectivity index (χ1) is 13.5. The standard InChI is InChI=1S/C21H24FN3O3/c1-15-7-8-17(13-18(15)22)24-21(27)20(26)23-9-10-25-11-12-28-19(14-25)16-5-3-2-4-6-16/h2-8,13,19H,9-12,14H2,1H3,(H,23,26)(H,24,27). The average Bonchev–Trinajstić information content (AvgIpc) is 2.71. The van der Waals surface area contributed by atoms with Crippen molar-refractivity contribution in [1.29, 1.82) is 0 Å². The maximum absolute atomic E-state index is 13.5. The van der Waals surface area contributed by atoms with Crippen molar-refractivity contribution in [3.63, 3.8) is 0 Å². The Morgan fingerprint density at radius 2 is 1.96 bits per heavy atom. The predicted molar refractivity (Wildman–Crippen MR) is 104 cm³/mol. The number of benzene rings is 2. The van der Waals surface area contributed by atoms with Crippen LogP contribution in [0.5, 0.6) is 0 Å². The average molecular weight is 385 g/mol. The number of hydrogen-bond acceptors (Lipinski definition) is 4. The van der Waals surface area contributed by atoms with E-state index < -0.39 is 17.6 Å². The number of carbonyl (C=O) groups is 2. The van der Waals surface area contributed by atoms with Crippen LogP contribution in [-0.4, -0.2) is 49.5 Å². The predicted octanol–water partition coefficient (Wildman–Crippen LogP) is 2.26. The molecule has 1 fully saturated rings. The second kappa shape index (κ2) is 9.43. The molecule has 2 aromatic carbocycles. The summed E-state index contributed by atoms with van der Waals surface area (Å²) >= 11 is 0. The topological polar surface area (TPSA) is 70.7 Å². The molecule has 1 saturated heterocycles. The Balaban J connectivity index is 1.43. The minimum Gasteiger partial charge on any atom is -0.371 e. The highest BCUT2D eigenvalue weighted by atomic mass is 19.1. The van der Waals surface area contributed by atoms with Crippen LogP contribution in [0.25, 0.3) is 0 Å². The van der Waals surface area contributed by atoms with Gasteiger partial charge in [-0.15, -0.1) is 0 Å². The molecular weight excluding hydrogens is 361 g/mol. The van der Waals surface area contributed by atoms with Crippen molar-refractivity contribution in [2.75, 3.05) is 38.1 Å². The number of halogens is 1. The lowest BCUT2D eigenvalue weighted by Crippen LogP contribution is -2.44. The number of ether oxygens (including phenoxy) is 1. The number of nitrogens with one attached hydrogen (secondary N) is 2. The number of carbonyl (C=O) groups excluding carboxylic acids is 2. The molecular formula is C21H24FN3O3. The molecule has 2 N–H and O–H groups in total. The summed E-state index contributed by atoms with van der Waals surface area (Å²) in [5.74, 6) is -1.99. The van der Waals surface area contributed by atoms with Gasteiger partial charge in [0.1, 0.15) is 5.82 Å². The molecule has 1 heterocycles. The molecule has 0 bridgehead atoms. The minimum absolute atomic E-state index is 0.00499. The van der Waals surface area contributed by atoms with E-state index in [-0.39, 0.29) is 11.8 Å². The molecule has 1 aliphatic rings. The van der Waals surface area contributed by atoms with Crippen molar-refractivity contribution in [1.82, 2.24) is 10.2 Å². The first-order valence-electron chi connectivity index (χ1n) is 9.27. The van der Waals surface area contributed by atoms with E-state index >= 15 is 0 Å². The molecule has 0 aromatic heterocycles. The van der Waals surface area contributed by atoms with E-state index in [0.717, 1.165) is 18.7 Å². The van der Waals surface area contributed by atoms with Crippen molar-refractivity contribution < 1.29 is 18.7 Å². The number of anilines is 1. The molecule has 1 atom stereocenters. The lowest BCUT2D eigenvalue weighted by atomic mass is 10.1. The van der Waals surface area contributed by atoms with Crippen molar-refractivity contribution in [2.45, 2.75) is 13.0 Å². The maximum Gasteiger partial charge on any atom is 0.313 e. The van der Waals surface area contributed by atoms with Gasteiger partial charge in [0.15, 0.2) is 0 Å². The minimum atomic E-state index is -0.813. The SMILES string of the molecule is Cc1ccc(NC(=O)C(=O)NCCN2CCOC(c3ccccc3)C2)cc1F. The van der Waals surface area contributed by atoms with Crippen LogP contribution in [0.1, 0.15) is 17.2 Å². The zero-order chi connectivity index (χ0) is 19.9.